The summed E-state index contributed by atoms with van der Waals surface area (Å²) < 4.78 is 2.07. The van der Waals surface area contributed by atoms with Crippen LogP contribution in [0.5, 0.6) is 0 Å². The molecule has 0 aliphatic heterocycles. The molecule has 3 aromatic rings. The molecule has 0 amide bonds. The summed E-state index contributed by atoms with van der Waals surface area (Å²) in [4.78, 5) is 11.6. The van der Waals surface area contributed by atoms with Gasteiger partial charge in [0.05, 0.1) is 5.69 Å². The lowest BCUT2D eigenvalue weighted by Gasteiger charge is -1.99. The molecule has 102 valence electrons. The average Bonchev–Trinajstić information content (AvgIpc) is 2.82. The molecular weight excluding hydrogens is 258 g/mol. The summed E-state index contributed by atoms with van der Waals surface area (Å²) in [5.74, 6) is 6.33. The van der Waals surface area contributed by atoms with E-state index in [2.05, 4.69) is 34.6 Å². The molecule has 0 spiro atoms. The Morgan fingerprint density at radius 1 is 1.00 bits per heavy atom. The summed E-state index contributed by atoms with van der Waals surface area (Å²) >= 11 is 0. The lowest BCUT2D eigenvalue weighted by molar-refractivity contribution is 0.101. The molecule has 1 heterocycles. The van der Waals surface area contributed by atoms with Crippen molar-refractivity contribution < 1.29 is 4.79 Å². The molecule has 0 radical (unpaired) electrons. The van der Waals surface area contributed by atoms with E-state index in [4.69, 9.17) is 0 Å². The lowest BCUT2D eigenvalue weighted by Crippen LogP contribution is -1.96. The fourth-order valence-electron chi connectivity index (χ4n) is 2.44. The number of carbonyl (C=O) groups is 1. The van der Waals surface area contributed by atoms with Gasteiger partial charge in [-0.3, -0.25) is 4.79 Å². The van der Waals surface area contributed by atoms with Crippen LogP contribution in [0, 0.1) is 11.8 Å². The van der Waals surface area contributed by atoms with Crippen molar-refractivity contribution in [2.75, 3.05) is 0 Å². The van der Waals surface area contributed by atoms with Crippen molar-refractivity contribution in [1.29, 1.82) is 0 Å². The molecule has 0 fully saturated rings. The van der Waals surface area contributed by atoms with Gasteiger partial charge in [0.1, 0.15) is 0 Å². The smallest absolute Gasteiger partial charge is 0.161 e. The maximum absolute atomic E-state index is 11.6. The van der Waals surface area contributed by atoms with Gasteiger partial charge in [0.15, 0.2) is 5.78 Å². The van der Waals surface area contributed by atoms with E-state index in [1.165, 1.54) is 5.39 Å². The van der Waals surface area contributed by atoms with E-state index in [9.17, 15) is 4.79 Å². The quantitative estimate of drug-likeness (QED) is 0.488. The highest BCUT2D eigenvalue weighted by Crippen LogP contribution is 2.17. The fraction of sp³-hybridized carbons (Fsp3) is 0.105. The number of ketones is 1. The number of para-hydroxylation sites is 1. The topological polar surface area (TPSA) is 22.0 Å². The number of rotatable bonds is 1. The first-order chi connectivity index (χ1) is 10.2. The number of hydrogen-bond acceptors (Lipinski definition) is 1. The van der Waals surface area contributed by atoms with Crippen LogP contribution in [-0.4, -0.2) is 10.4 Å². The van der Waals surface area contributed by atoms with Gasteiger partial charge in [-0.2, -0.15) is 0 Å². The number of aryl methyl sites for hydroxylation is 1. The Bertz CT molecular complexity index is 891. The molecule has 0 atom stereocenters. The van der Waals surface area contributed by atoms with Gasteiger partial charge in [0.2, 0.25) is 0 Å². The Labute approximate surface area is 124 Å². The minimum Gasteiger partial charge on any atom is -0.337 e. The number of fused-ring (bicyclic) bond motifs is 1. The third kappa shape index (κ3) is 2.46. The maximum atomic E-state index is 11.6. The second kappa shape index (κ2) is 5.30. The number of aromatic nitrogens is 1. The molecule has 0 aliphatic carbocycles. The van der Waals surface area contributed by atoms with Gasteiger partial charge in [0, 0.05) is 29.1 Å². The molecule has 2 aromatic carbocycles. The van der Waals surface area contributed by atoms with E-state index < -0.39 is 0 Å². The normalized spacial score (nSPS) is 10.2. The van der Waals surface area contributed by atoms with Gasteiger partial charge in [-0.05, 0) is 31.0 Å². The van der Waals surface area contributed by atoms with Gasteiger partial charge in [0.25, 0.3) is 0 Å². The number of nitrogens with zero attached hydrogens (tertiary/aromatic N) is 1. The molecule has 1 aromatic heterocycles. The molecule has 0 N–H and O–H groups in total. The summed E-state index contributed by atoms with van der Waals surface area (Å²) in [7, 11) is 2.00. The lowest BCUT2D eigenvalue weighted by atomic mass is 10.0. The van der Waals surface area contributed by atoms with Crippen molar-refractivity contribution in [3.8, 4) is 11.8 Å². The van der Waals surface area contributed by atoms with Crippen LogP contribution in [0.2, 0.25) is 0 Å². The SMILES string of the molecule is CC(=O)c1ccccc1C#Cc1cc2ccccc2n1C. The molecule has 0 aliphatic rings. The van der Waals surface area contributed by atoms with E-state index >= 15 is 0 Å². The summed E-state index contributed by atoms with van der Waals surface area (Å²) in [6, 6.07) is 17.7. The first-order valence-electron chi connectivity index (χ1n) is 6.83. The molecule has 0 bridgehead atoms. The van der Waals surface area contributed by atoms with E-state index in [1.54, 1.807) is 6.92 Å². The highest BCUT2D eigenvalue weighted by Gasteiger charge is 2.05. The van der Waals surface area contributed by atoms with Crippen molar-refractivity contribution in [3.63, 3.8) is 0 Å². The average molecular weight is 273 g/mol. The van der Waals surface area contributed by atoms with Crippen LogP contribution in [0.3, 0.4) is 0 Å². The number of hydrogen-bond donors (Lipinski definition) is 0. The predicted molar refractivity (Wildman–Crippen MR) is 85.3 cm³/mol. The molecule has 2 heteroatoms. The Hall–Kier alpha value is -2.79. The second-order valence-electron chi connectivity index (χ2n) is 5.00. The van der Waals surface area contributed by atoms with E-state index in [0.717, 1.165) is 16.8 Å². The Morgan fingerprint density at radius 3 is 2.48 bits per heavy atom. The zero-order chi connectivity index (χ0) is 14.8. The Balaban J connectivity index is 2.08. The van der Waals surface area contributed by atoms with Crippen LogP contribution in [0.15, 0.2) is 54.6 Å². The standard InChI is InChI=1S/C19H15NO/c1-14(21)18-9-5-3-7-15(18)11-12-17-13-16-8-4-6-10-19(16)20(17)2/h3-10,13H,1-2H3. The first kappa shape index (κ1) is 13.2. The predicted octanol–water partition coefficient (Wildman–Crippen LogP) is 3.78. The number of carbonyl (C=O) groups excluding carboxylic acids is 1. The van der Waals surface area contributed by atoms with Crippen LogP contribution in [-0.2, 0) is 7.05 Å². The van der Waals surface area contributed by atoms with E-state index in [0.29, 0.717) is 5.56 Å². The molecular formula is C19H15NO. The van der Waals surface area contributed by atoms with Crippen molar-refractivity contribution in [1.82, 2.24) is 4.57 Å². The van der Waals surface area contributed by atoms with Crippen LogP contribution < -0.4 is 0 Å². The Kier molecular flexibility index (Phi) is 3.33. The third-order valence-electron chi connectivity index (χ3n) is 3.58. The van der Waals surface area contributed by atoms with Crippen molar-refractivity contribution in [3.05, 3.63) is 71.4 Å². The van der Waals surface area contributed by atoms with Crippen LogP contribution in [0.25, 0.3) is 10.9 Å². The Morgan fingerprint density at radius 2 is 1.71 bits per heavy atom. The molecule has 3 rings (SSSR count). The molecule has 0 unspecified atom stereocenters. The van der Waals surface area contributed by atoms with Gasteiger partial charge < -0.3 is 4.57 Å². The third-order valence-corrected chi connectivity index (χ3v) is 3.58. The monoisotopic (exact) mass is 273 g/mol. The van der Waals surface area contributed by atoms with Crippen molar-refractivity contribution in [2.24, 2.45) is 7.05 Å². The second-order valence-corrected chi connectivity index (χ2v) is 5.00. The van der Waals surface area contributed by atoms with Crippen LogP contribution in [0.1, 0.15) is 28.5 Å². The highest BCUT2D eigenvalue weighted by molar-refractivity contribution is 5.96. The summed E-state index contributed by atoms with van der Waals surface area (Å²) in [6.07, 6.45) is 0. The zero-order valence-corrected chi connectivity index (χ0v) is 12.1. The minimum absolute atomic E-state index is 0.0388. The minimum atomic E-state index is 0.0388. The summed E-state index contributed by atoms with van der Waals surface area (Å²) in [5, 5.41) is 1.17. The zero-order valence-electron chi connectivity index (χ0n) is 12.1. The van der Waals surface area contributed by atoms with Gasteiger partial charge in [-0.25, -0.2) is 0 Å². The van der Waals surface area contributed by atoms with Gasteiger partial charge >= 0.3 is 0 Å². The summed E-state index contributed by atoms with van der Waals surface area (Å²) in [6.45, 7) is 1.57. The number of Topliss-reactive ketones (excluding diaryl/α,β-unsaturated/α-hetero) is 1. The summed E-state index contributed by atoms with van der Waals surface area (Å²) in [5.41, 5.74) is 3.54. The van der Waals surface area contributed by atoms with E-state index in [-0.39, 0.29) is 5.78 Å². The van der Waals surface area contributed by atoms with Gasteiger partial charge in [-0.1, -0.05) is 42.3 Å². The fourth-order valence-corrected chi connectivity index (χ4v) is 2.44. The van der Waals surface area contributed by atoms with E-state index in [1.807, 2.05) is 43.4 Å². The molecule has 0 saturated carbocycles. The van der Waals surface area contributed by atoms with Crippen molar-refractivity contribution in [2.45, 2.75) is 6.92 Å². The maximum Gasteiger partial charge on any atom is 0.161 e. The van der Waals surface area contributed by atoms with Crippen LogP contribution in [0.4, 0.5) is 0 Å². The van der Waals surface area contributed by atoms with Crippen LogP contribution >= 0.6 is 0 Å². The molecule has 0 saturated heterocycles. The highest BCUT2D eigenvalue weighted by atomic mass is 16.1. The molecule has 21 heavy (non-hydrogen) atoms. The number of benzene rings is 2. The largest absolute Gasteiger partial charge is 0.337 e. The van der Waals surface area contributed by atoms with Crippen molar-refractivity contribution >= 4 is 16.7 Å². The molecule has 2 nitrogen and oxygen atoms in total. The first-order valence-corrected chi connectivity index (χ1v) is 6.83. The van der Waals surface area contributed by atoms with Gasteiger partial charge in [-0.15, -0.1) is 0 Å².